The van der Waals surface area contributed by atoms with E-state index in [1.165, 1.54) is 0 Å². The van der Waals surface area contributed by atoms with E-state index in [0.29, 0.717) is 12.3 Å². The monoisotopic (exact) mass is 250 g/mol. The van der Waals surface area contributed by atoms with Crippen LogP contribution in [0.2, 0.25) is 0 Å². The van der Waals surface area contributed by atoms with Gasteiger partial charge in [-0.25, -0.2) is 0 Å². The molecule has 0 aliphatic carbocycles. The molecule has 3 nitrogen and oxygen atoms in total. The van der Waals surface area contributed by atoms with E-state index in [9.17, 15) is 5.11 Å². The van der Waals surface area contributed by atoms with E-state index in [4.69, 9.17) is 0 Å². The van der Waals surface area contributed by atoms with Crippen molar-refractivity contribution in [3.63, 3.8) is 0 Å². The van der Waals surface area contributed by atoms with Crippen molar-refractivity contribution in [3.8, 4) is 5.75 Å². The summed E-state index contributed by atoms with van der Waals surface area (Å²) in [6.45, 7) is 0.662. The third kappa shape index (κ3) is 2.36. The van der Waals surface area contributed by atoms with Gasteiger partial charge < -0.3 is 10.4 Å². The molecule has 1 heterocycles. The number of rotatable bonds is 3. The lowest BCUT2D eigenvalue weighted by molar-refractivity contribution is 0.481. The minimum Gasteiger partial charge on any atom is -0.507 e. The Morgan fingerprint density at radius 3 is 2.58 bits per heavy atom. The van der Waals surface area contributed by atoms with Crippen molar-refractivity contribution < 1.29 is 5.11 Å². The number of anilines is 1. The number of hydrogen-bond donors (Lipinski definition) is 2. The molecular formula is C16H14N2O. The molecule has 94 valence electrons. The lowest BCUT2D eigenvalue weighted by Crippen LogP contribution is -2.01. The topological polar surface area (TPSA) is 45.1 Å². The fraction of sp³-hybridized carbons (Fsp3) is 0.0625. The maximum absolute atomic E-state index is 9.84. The van der Waals surface area contributed by atoms with Crippen molar-refractivity contribution in [2.45, 2.75) is 6.54 Å². The molecule has 0 atom stereocenters. The fourth-order valence-corrected chi connectivity index (χ4v) is 2.14. The van der Waals surface area contributed by atoms with E-state index >= 15 is 0 Å². The number of hydrogen-bond acceptors (Lipinski definition) is 3. The maximum Gasteiger partial charge on any atom is 0.123 e. The van der Waals surface area contributed by atoms with Crippen LogP contribution in [0.25, 0.3) is 10.8 Å². The molecule has 0 bridgehead atoms. The number of phenolic OH excluding ortho intramolecular Hbond substituents is 1. The zero-order valence-corrected chi connectivity index (χ0v) is 10.4. The Hall–Kier alpha value is -2.55. The van der Waals surface area contributed by atoms with Gasteiger partial charge in [-0.15, -0.1) is 0 Å². The lowest BCUT2D eigenvalue weighted by Gasteiger charge is -2.10. The van der Waals surface area contributed by atoms with E-state index < -0.39 is 0 Å². The second-order valence-electron chi connectivity index (χ2n) is 4.35. The van der Waals surface area contributed by atoms with Crippen molar-refractivity contribution in [2.75, 3.05) is 5.32 Å². The molecule has 2 aromatic carbocycles. The van der Waals surface area contributed by atoms with Crippen molar-refractivity contribution in [1.82, 2.24) is 4.98 Å². The number of nitrogens with zero attached hydrogens (tertiary/aromatic N) is 1. The van der Waals surface area contributed by atoms with Gasteiger partial charge in [0.15, 0.2) is 0 Å². The van der Waals surface area contributed by atoms with Gasteiger partial charge in [0.25, 0.3) is 0 Å². The number of benzene rings is 2. The number of aromatic hydroxyl groups is 1. The predicted molar refractivity (Wildman–Crippen MR) is 77.2 cm³/mol. The molecule has 3 rings (SSSR count). The van der Waals surface area contributed by atoms with Gasteiger partial charge in [-0.1, -0.05) is 30.3 Å². The summed E-state index contributed by atoms with van der Waals surface area (Å²) in [6.07, 6.45) is 1.78. The first kappa shape index (κ1) is 11.5. The third-order valence-corrected chi connectivity index (χ3v) is 3.09. The van der Waals surface area contributed by atoms with E-state index in [-0.39, 0.29) is 0 Å². The molecule has 0 spiro atoms. The average molecular weight is 250 g/mol. The van der Waals surface area contributed by atoms with Crippen LogP contribution in [0.4, 0.5) is 5.69 Å². The van der Waals surface area contributed by atoms with Gasteiger partial charge in [0, 0.05) is 22.7 Å². The third-order valence-electron chi connectivity index (χ3n) is 3.09. The van der Waals surface area contributed by atoms with Gasteiger partial charge in [0.2, 0.25) is 0 Å². The highest BCUT2D eigenvalue weighted by molar-refractivity contribution is 5.97. The normalized spacial score (nSPS) is 10.5. The molecule has 0 fully saturated rings. The fourth-order valence-electron chi connectivity index (χ4n) is 2.14. The SMILES string of the molecule is Oc1cccc2c(NCc3ccccn3)cccc12. The highest BCUT2D eigenvalue weighted by atomic mass is 16.3. The quantitative estimate of drug-likeness (QED) is 0.747. The molecular weight excluding hydrogens is 236 g/mol. The summed E-state index contributed by atoms with van der Waals surface area (Å²) in [6, 6.07) is 17.3. The second kappa shape index (κ2) is 4.98. The zero-order valence-electron chi connectivity index (χ0n) is 10.4. The van der Waals surface area contributed by atoms with Crippen molar-refractivity contribution in [2.24, 2.45) is 0 Å². The molecule has 3 aromatic rings. The predicted octanol–water partition coefficient (Wildman–Crippen LogP) is 3.55. The lowest BCUT2D eigenvalue weighted by atomic mass is 10.1. The molecule has 19 heavy (non-hydrogen) atoms. The van der Waals surface area contributed by atoms with Gasteiger partial charge >= 0.3 is 0 Å². The van der Waals surface area contributed by atoms with Crippen LogP contribution in [0.15, 0.2) is 60.8 Å². The molecule has 0 unspecified atom stereocenters. The molecule has 0 saturated carbocycles. The second-order valence-corrected chi connectivity index (χ2v) is 4.35. The maximum atomic E-state index is 9.84. The zero-order chi connectivity index (χ0) is 13.1. The highest BCUT2D eigenvalue weighted by Gasteiger charge is 2.03. The minimum absolute atomic E-state index is 0.305. The van der Waals surface area contributed by atoms with Crippen LogP contribution in [0.5, 0.6) is 5.75 Å². The van der Waals surface area contributed by atoms with Crippen LogP contribution in [0.1, 0.15) is 5.69 Å². The number of fused-ring (bicyclic) bond motifs is 1. The summed E-state index contributed by atoms with van der Waals surface area (Å²) >= 11 is 0. The van der Waals surface area contributed by atoms with Crippen LogP contribution < -0.4 is 5.32 Å². The average Bonchev–Trinajstić information content (AvgIpc) is 2.47. The molecule has 1 aromatic heterocycles. The van der Waals surface area contributed by atoms with E-state index in [1.807, 2.05) is 48.5 Å². The number of nitrogens with one attached hydrogen (secondary N) is 1. The van der Waals surface area contributed by atoms with E-state index in [1.54, 1.807) is 12.3 Å². The summed E-state index contributed by atoms with van der Waals surface area (Å²) in [5.41, 5.74) is 1.98. The summed E-state index contributed by atoms with van der Waals surface area (Å²) in [5, 5.41) is 15.1. The molecule has 2 N–H and O–H groups in total. The Kier molecular flexibility index (Phi) is 3.02. The Morgan fingerprint density at radius 1 is 0.895 bits per heavy atom. The largest absolute Gasteiger partial charge is 0.507 e. The Balaban J connectivity index is 1.91. The summed E-state index contributed by atoms with van der Waals surface area (Å²) in [4.78, 5) is 4.28. The van der Waals surface area contributed by atoms with Crippen LogP contribution in [-0.2, 0) is 6.54 Å². The highest BCUT2D eigenvalue weighted by Crippen LogP contribution is 2.29. The van der Waals surface area contributed by atoms with Crippen molar-refractivity contribution in [3.05, 3.63) is 66.5 Å². The molecule has 3 heteroatoms. The number of pyridine rings is 1. The smallest absolute Gasteiger partial charge is 0.123 e. The van der Waals surface area contributed by atoms with Crippen LogP contribution in [-0.4, -0.2) is 10.1 Å². The van der Waals surface area contributed by atoms with Crippen LogP contribution >= 0.6 is 0 Å². The van der Waals surface area contributed by atoms with Crippen molar-refractivity contribution in [1.29, 1.82) is 0 Å². The molecule has 0 saturated heterocycles. The first-order chi connectivity index (χ1) is 9.34. The Labute approximate surface area is 111 Å². The summed E-state index contributed by atoms with van der Waals surface area (Å²) in [5.74, 6) is 0.305. The first-order valence-electron chi connectivity index (χ1n) is 6.19. The van der Waals surface area contributed by atoms with Crippen molar-refractivity contribution >= 4 is 16.5 Å². The molecule has 0 aliphatic rings. The molecule has 0 aliphatic heterocycles. The van der Waals surface area contributed by atoms with Gasteiger partial charge in [0.1, 0.15) is 5.75 Å². The Bertz CT molecular complexity index is 695. The van der Waals surface area contributed by atoms with Crippen LogP contribution in [0, 0.1) is 0 Å². The van der Waals surface area contributed by atoms with E-state index in [2.05, 4.69) is 10.3 Å². The van der Waals surface area contributed by atoms with Crippen LogP contribution in [0.3, 0.4) is 0 Å². The first-order valence-corrected chi connectivity index (χ1v) is 6.19. The summed E-state index contributed by atoms with van der Waals surface area (Å²) < 4.78 is 0. The standard InChI is InChI=1S/C16H14N2O/c19-16-9-4-6-13-14(16)7-3-8-15(13)18-11-12-5-1-2-10-17-12/h1-10,18-19H,11H2. The Morgan fingerprint density at radius 2 is 1.74 bits per heavy atom. The number of aromatic nitrogens is 1. The number of phenols is 1. The van der Waals surface area contributed by atoms with Gasteiger partial charge in [-0.05, 0) is 24.3 Å². The summed E-state index contributed by atoms with van der Waals surface area (Å²) in [7, 11) is 0. The molecule has 0 radical (unpaired) electrons. The van der Waals surface area contributed by atoms with Gasteiger partial charge in [-0.3, -0.25) is 4.98 Å². The van der Waals surface area contributed by atoms with Gasteiger partial charge in [-0.2, -0.15) is 0 Å². The molecule has 0 amide bonds. The van der Waals surface area contributed by atoms with E-state index in [0.717, 1.165) is 22.2 Å². The minimum atomic E-state index is 0.305. The van der Waals surface area contributed by atoms with Gasteiger partial charge in [0.05, 0.1) is 12.2 Å².